The number of nitrogens with one attached hydrogen (secondary N) is 1. The Morgan fingerprint density at radius 3 is 2.33 bits per heavy atom. The second-order valence-corrected chi connectivity index (χ2v) is 7.56. The summed E-state index contributed by atoms with van der Waals surface area (Å²) in [5.41, 5.74) is 0.821. The van der Waals surface area contributed by atoms with Crippen molar-refractivity contribution in [1.29, 1.82) is 0 Å². The molecule has 1 aromatic rings. The van der Waals surface area contributed by atoms with E-state index in [-0.39, 0.29) is 23.2 Å². The lowest BCUT2D eigenvalue weighted by Gasteiger charge is -2.32. The highest BCUT2D eigenvalue weighted by Gasteiger charge is 2.51. The highest BCUT2D eigenvalue weighted by atomic mass is 16.7. The molecule has 0 radical (unpaired) electrons. The third kappa shape index (κ3) is 3.51. The molecule has 0 unspecified atom stereocenters. The Morgan fingerprint density at radius 2 is 1.79 bits per heavy atom. The Hall–Kier alpha value is -1.37. The molecule has 0 aliphatic carbocycles. The number of carbonyl (C=O) groups is 1. The van der Waals surface area contributed by atoms with Gasteiger partial charge in [0.2, 0.25) is 0 Å². The van der Waals surface area contributed by atoms with Gasteiger partial charge in [0.05, 0.1) is 17.3 Å². The van der Waals surface area contributed by atoms with Crippen LogP contribution < -0.4 is 10.8 Å². The molecule has 0 spiro atoms. The van der Waals surface area contributed by atoms with Gasteiger partial charge in [0.1, 0.15) is 0 Å². The van der Waals surface area contributed by atoms with Crippen LogP contribution in [0.3, 0.4) is 0 Å². The molecular formula is C18H26BNO4. The van der Waals surface area contributed by atoms with Crippen LogP contribution in [0.1, 0.15) is 50.9 Å². The monoisotopic (exact) mass is 331 g/mol. The fourth-order valence-electron chi connectivity index (χ4n) is 2.88. The van der Waals surface area contributed by atoms with E-state index < -0.39 is 7.12 Å². The minimum atomic E-state index is -0.404. The third-order valence-corrected chi connectivity index (χ3v) is 5.21. The lowest BCUT2D eigenvalue weighted by Crippen LogP contribution is -2.41. The predicted octanol–water partition coefficient (Wildman–Crippen LogP) is 1.89. The van der Waals surface area contributed by atoms with Gasteiger partial charge in [0.15, 0.2) is 0 Å². The van der Waals surface area contributed by atoms with Gasteiger partial charge in [-0.25, -0.2) is 0 Å². The van der Waals surface area contributed by atoms with E-state index in [1.54, 1.807) is 0 Å². The summed E-state index contributed by atoms with van der Waals surface area (Å²) in [6, 6.07) is 7.41. The van der Waals surface area contributed by atoms with Crippen LogP contribution in [-0.2, 0) is 14.0 Å². The van der Waals surface area contributed by atoms with E-state index in [1.165, 1.54) is 0 Å². The first kappa shape index (κ1) is 17.5. The van der Waals surface area contributed by atoms with E-state index >= 15 is 0 Å². The number of hydrogen-bond donors (Lipinski definition) is 1. The van der Waals surface area contributed by atoms with Gasteiger partial charge >= 0.3 is 7.12 Å². The average Bonchev–Trinajstić information content (AvgIpc) is 3.11. The van der Waals surface area contributed by atoms with Crippen LogP contribution in [0.2, 0.25) is 0 Å². The molecule has 1 atom stereocenters. The summed E-state index contributed by atoms with van der Waals surface area (Å²) in [6.45, 7) is 9.47. The largest absolute Gasteiger partial charge is 0.494 e. The Kier molecular flexibility index (Phi) is 4.73. The average molecular weight is 331 g/mol. The zero-order valence-electron chi connectivity index (χ0n) is 14.9. The Bertz CT molecular complexity index is 578. The van der Waals surface area contributed by atoms with Crippen LogP contribution in [0.5, 0.6) is 0 Å². The molecule has 2 aliphatic heterocycles. The van der Waals surface area contributed by atoms with E-state index in [2.05, 4.69) is 5.32 Å². The van der Waals surface area contributed by atoms with Crippen LogP contribution in [0.15, 0.2) is 24.3 Å². The molecule has 5 nitrogen and oxygen atoms in total. The standard InChI is InChI=1S/C18H26BNO4/c1-17(2)18(3,4)24-19(23-17)14-9-7-13(8-10-14)16(21)20-12-15-6-5-11-22-15/h7-10,15H,5-6,11-12H2,1-4H3,(H,20,21)/t15-/m1/s1. The van der Waals surface area contributed by atoms with Crippen molar-refractivity contribution in [2.45, 2.75) is 57.8 Å². The summed E-state index contributed by atoms with van der Waals surface area (Å²) in [5.74, 6) is -0.0778. The SMILES string of the molecule is CC1(C)OB(c2ccc(C(=O)NC[C@H]3CCCO3)cc2)OC1(C)C. The van der Waals surface area contributed by atoms with Crippen molar-refractivity contribution in [2.24, 2.45) is 0 Å². The van der Waals surface area contributed by atoms with Gasteiger partial charge in [0, 0.05) is 18.7 Å². The molecule has 2 saturated heterocycles. The molecule has 130 valence electrons. The molecule has 0 aromatic heterocycles. The topological polar surface area (TPSA) is 56.8 Å². The van der Waals surface area contributed by atoms with Gasteiger partial charge < -0.3 is 19.4 Å². The molecule has 2 fully saturated rings. The van der Waals surface area contributed by atoms with Crippen LogP contribution in [0.25, 0.3) is 0 Å². The summed E-state index contributed by atoms with van der Waals surface area (Å²) in [4.78, 5) is 12.2. The van der Waals surface area contributed by atoms with Gasteiger partial charge in [-0.05, 0) is 58.1 Å². The molecule has 2 aliphatic rings. The molecule has 1 N–H and O–H groups in total. The first-order valence-corrected chi connectivity index (χ1v) is 8.64. The first-order valence-electron chi connectivity index (χ1n) is 8.64. The summed E-state index contributed by atoms with van der Waals surface area (Å²) >= 11 is 0. The van der Waals surface area contributed by atoms with E-state index in [4.69, 9.17) is 14.0 Å². The highest BCUT2D eigenvalue weighted by Crippen LogP contribution is 2.36. The molecule has 2 heterocycles. The Labute approximate surface area is 144 Å². The van der Waals surface area contributed by atoms with Gasteiger partial charge in [-0.3, -0.25) is 4.79 Å². The molecule has 0 saturated carbocycles. The normalized spacial score (nSPS) is 25.0. The Balaban J connectivity index is 1.60. The molecule has 1 aromatic carbocycles. The van der Waals surface area contributed by atoms with Gasteiger partial charge in [0.25, 0.3) is 5.91 Å². The minimum absolute atomic E-state index is 0.0778. The predicted molar refractivity (Wildman–Crippen MR) is 93.5 cm³/mol. The molecule has 6 heteroatoms. The quantitative estimate of drug-likeness (QED) is 0.856. The van der Waals surface area contributed by atoms with Crippen molar-refractivity contribution in [2.75, 3.05) is 13.2 Å². The number of hydrogen-bond acceptors (Lipinski definition) is 4. The molecule has 1 amide bonds. The number of amides is 1. The van der Waals surface area contributed by atoms with Crippen LogP contribution in [0, 0.1) is 0 Å². The van der Waals surface area contributed by atoms with E-state index in [0.29, 0.717) is 12.1 Å². The van der Waals surface area contributed by atoms with Crippen molar-refractivity contribution in [3.05, 3.63) is 29.8 Å². The van der Waals surface area contributed by atoms with Gasteiger partial charge in [-0.2, -0.15) is 0 Å². The Morgan fingerprint density at radius 1 is 1.17 bits per heavy atom. The van der Waals surface area contributed by atoms with Crippen molar-refractivity contribution in [1.82, 2.24) is 5.32 Å². The maximum Gasteiger partial charge on any atom is 0.494 e. The lowest BCUT2D eigenvalue weighted by atomic mass is 9.79. The summed E-state index contributed by atoms with van der Waals surface area (Å²) < 4.78 is 17.6. The van der Waals surface area contributed by atoms with Crippen molar-refractivity contribution < 1.29 is 18.8 Å². The van der Waals surface area contributed by atoms with Crippen LogP contribution >= 0.6 is 0 Å². The minimum Gasteiger partial charge on any atom is -0.399 e. The highest BCUT2D eigenvalue weighted by molar-refractivity contribution is 6.62. The summed E-state index contributed by atoms with van der Waals surface area (Å²) in [6.07, 6.45) is 2.24. The van der Waals surface area contributed by atoms with Crippen molar-refractivity contribution in [3.8, 4) is 0 Å². The summed E-state index contributed by atoms with van der Waals surface area (Å²) in [5, 5.41) is 2.93. The van der Waals surface area contributed by atoms with Crippen LogP contribution in [0.4, 0.5) is 0 Å². The second kappa shape index (κ2) is 6.50. The molecular weight excluding hydrogens is 305 g/mol. The number of benzene rings is 1. The van der Waals surface area contributed by atoms with E-state index in [1.807, 2.05) is 52.0 Å². The maximum atomic E-state index is 12.2. The number of rotatable bonds is 4. The molecule has 3 rings (SSSR count). The fraction of sp³-hybridized carbons (Fsp3) is 0.611. The lowest BCUT2D eigenvalue weighted by molar-refractivity contribution is 0.00578. The smallest absolute Gasteiger partial charge is 0.399 e. The summed E-state index contributed by atoms with van der Waals surface area (Å²) in [7, 11) is -0.404. The fourth-order valence-corrected chi connectivity index (χ4v) is 2.88. The molecule has 0 bridgehead atoms. The zero-order chi connectivity index (χ0) is 17.4. The van der Waals surface area contributed by atoms with Crippen molar-refractivity contribution >= 4 is 18.5 Å². The zero-order valence-corrected chi connectivity index (χ0v) is 14.9. The maximum absolute atomic E-state index is 12.2. The van der Waals surface area contributed by atoms with E-state index in [9.17, 15) is 4.79 Å². The third-order valence-electron chi connectivity index (χ3n) is 5.21. The van der Waals surface area contributed by atoms with Gasteiger partial charge in [-0.1, -0.05) is 12.1 Å². The van der Waals surface area contributed by atoms with E-state index in [0.717, 1.165) is 24.9 Å². The molecule has 24 heavy (non-hydrogen) atoms. The second-order valence-electron chi connectivity index (χ2n) is 7.56. The number of ether oxygens (including phenoxy) is 1. The number of carbonyl (C=O) groups excluding carboxylic acids is 1. The van der Waals surface area contributed by atoms with Crippen LogP contribution in [-0.4, -0.2) is 43.5 Å². The first-order chi connectivity index (χ1) is 11.3. The van der Waals surface area contributed by atoms with Gasteiger partial charge in [-0.15, -0.1) is 0 Å². The van der Waals surface area contributed by atoms with Crippen molar-refractivity contribution in [3.63, 3.8) is 0 Å².